The van der Waals surface area contributed by atoms with Gasteiger partial charge in [0, 0.05) is 0 Å². The molecular weight excluding hydrogens is 228 g/mol. The molecule has 1 aliphatic carbocycles. The van der Waals surface area contributed by atoms with E-state index in [1.807, 2.05) is 26.8 Å². The molecule has 1 aromatic carbocycles. The van der Waals surface area contributed by atoms with Crippen LogP contribution in [-0.2, 0) is 4.79 Å². The molecule has 0 heterocycles. The molecule has 98 valence electrons. The van der Waals surface area contributed by atoms with Crippen LogP contribution in [0.2, 0.25) is 0 Å². The highest BCUT2D eigenvalue weighted by Gasteiger charge is 2.35. The zero-order valence-electron chi connectivity index (χ0n) is 11.2. The Hall–Kier alpha value is -1.51. The van der Waals surface area contributed by atoms with Crippen LogP contribution >= 0.6 is 0 Å². The van der Waals surface area contributed by atoms with Gasteiger partial charge in [-0.3, -0.25) is 4.79 Å². The average molecular weight is 248 g/mol. The quantitative estimate of drug-likeness (QED) is 0.893. The number of benzene rings is 1. The number of ether oxygens (including phenoxy) is 1. The van der Waals surface area contributed by atoms with Crippen LogP contribution in [0.3, 0.4) is 0 Å². The van der Waals surface area contributed by atoms with Gasteiger partial charge in [-0.2, -0.15) is 0 Å². The van der Waals surface area contributed by atoms with Gasteiger partial charge in [0.15, 0.2) is 0 Å². The Morgan fingerprint density at radius 2 is 1.89 bits per heavy atom. The molecule has 1 aromatic rings. The molecule has 0 bridgehead atoms. The Bertz CT molecular complexity index is 465. The molecule has 2 atom stereocenters. The molecule has 0 aromatic heterocycles. The second-order valence-electron chi connectivity index (χ2n) is 5.19. The fourth-order valence-electron chi connectivity index (χ4n) is 2.61. The molecule has 0 amide bonds. The summed E-state index contributed by atoms with van der Waals surface area (Å²) in [5.74, 6) is -0.224. The lowest BCUT2D eigenvalue weighted by molar-refractivity contribution is -0.144. The van der Waals surface area contributed by atoms with Crippen LogP contribution in [0.25, 0.3) is 0 Å². The van der Waals surface area contributed by atoms with Gasteiger partial charge < -0.3 is 9.84 Å². The molecule has 1 N–H and O–H groups in total. The predicted octanol–water partition coefficient (Wildman–Crippen LogP) is 3.24. The van der Waals surface area contributed by atoms with E-state index in [2.05, 4.69) is 6.07 Å². The number of carbonyl (C=O) groups is 1. The first-order chi connectivity index (χ1) is 8.50. The molecule has 0 spiro atoms. The third-order valence-electron chi connectivity index (χ3n) is 3.91. The number of rotatable bonds is 3. The second-order valence-corrected chi connectivity index (χ2v) is 5.19. The van der Waals surface area contributed by atoms with E-state index >= 15 is 0 Å². The monoisotopic (exact) mass is 248 g/mol. The Morgan fingerprint density at radius 1 is 1.22 bits per heavy atom. The second kappa shape index (κ2) is 5.01. The van der Waals surface area contributed by atoms with Crippen LogP contribution in [0.15, 0.2) is 12.1 Å². The van der Waals surface area contributed by atoms with Crippen molar-refractivity contribution in [2.45, 2.75) is 46.1 Å². The molecule has 2 unspecified atom stereocenters. The van der Waals surface area contributed by atoms with Crippen LogP contribution in [0.5, 0.6) is 5.75 Å². The van der Waals surface area contributed by atoms with Crippen LogP contribution in [0.4, 0.5) is 0 Å². The zero-order chi connectivity index (χ0) is 13.3. The van der Waals surface area contributed by atoms with Gasteiger partial charge in [-0.25, -0.2) is 0 Å². The van der Waals surface area contributed by atoms with Crippen molar-refractivity contribution in [1.82, 2.24) is 0 Å². The molecular formula is C15H20O3. The Morgan fingerprint density at radius 3 is 2.56 bits per heavy atom. The summed E-state index contributed by atoms with van der Waals surface area (Å²) in [7, 11) is 0. The number of hydrogen-bond donors (Lipinski definition) is 1. The fraction of sp³-hybridized carbons (Fsp3) is 0.533. The Balaban J connectivity index is 2.24. The molecule has 2 rings (SSSR count). The Kier molecular flexibility index (Phi) is 3.60. The molecule has 0 radical (unpaired) electrons. The van der Waals surface area contributed by atoms with Crippen molar-refractivity contribution in [2.75, 3.05) is 0 Å². The van der Waals surface area contributed by atoms with Crippen LogP contribution in [-0.4, -0.2) is 17.2 Å². The lowest BCUT2D eigenvalue weighted by Crippen LogP contribution is -2.28. The van der Waals surface area contributed by atoms with Crippen molar-refractivity contribution >= 4 is 5.97 Å². The van der Waals surface area contributed by atoms with Crippen molar-refractivity contribution in [3.8, 4) is 5.75 Å². The van der Waals surface area contributed by atoms with Gasteiger partial charge in [-0.1, -0.05) is 12.1 Å². The summed E-state index contributed by atoms with van der Waals surface area (Å²) < 4.78 is 6.01. The molecule has 3 heteroatoms. The summed E-state index contributed by atoms with van der Waals surface area (Å²) in [4.78, 5) is 11.2. The number of hydrogen-bond acceptors (Lipinski definition) is 2. The summed E-state index contributed by atoms with van der Waals surface area (Å²) in [6, 6.07) is 4.10. The van der Waals surface area contributed by atoms with Crippen molar-refractivity contribution in [2.24, 2.45) is 5.92 Å². The van der Waals surface area contributed by atoms with Crippen LogP contribution in [0, 0.1) is 26.7 Å². The maximum absolute atomic E-state index is 11.2. The minimum Gasteiger partial charge on any atom is -0.489 e. The summed E-state index contributed by atoms with van der Waals surface area (Å²) in [5.41, 5.74) is 3.38. The standard InChI is InChI=1S/C15H20O3/c1-9-7-8-10(2)14(11(9)3)18-13-6-4-5-12(13)15(16)17/h7-8,12-13H,4-6H2,1-3H3,(H,16,17). The normalized spacial score (nSPS) is 23.1. The highest BCUT2D eigenvalue weighted by atomic mass is 16.5. The van der Waals surface area contributed by atoms with Crippen molar-refractivity contribution in [3.63, 3.8) is 0 Å². The van der Waals surface area contributed by atoms with Crippen molar-refractivity contribution in [3.05, 3.63) is 28.8 Å². The topological polar surface area (TPSA) is 46.5 Å². The average Bonchev–Trinajstić information content (AvgIpc) is 2.78. The molecule has 0 aliphatic heterocycles. The molecule has 1 aliphatic rings. The molecule has 0 saturated heterocycles. The first kappa shape index (κ1) is 12.9. The molecule has 3 nitrogen and oxygen atoms in total. The van der Waals surface area contributed by atoms with Crippen molar-refractivity contribution < 1.29 is 14.6 Å². The van der Waals surface area contributed by atoms with E-state index in [1.165, 1.54) is 5.56 Å². The Labute approximate surface area is 108 Å². The van der Waals surface area contributed by atoms with E-state index in [1.54, 1.807) is 0 Å². The van der Waals surface area contributed by atoms with Gasteiger partial charge in [0.25, 0.3) is 0 Å². The fourth-order valence-corrected chi connectivity index (χ4v) is 2.61. The largest absolute Gasteiger partial charge is 0.489 e. The molecule has 1 fully saturated rings. The minimum absolute atomic E-state index is 0.179. The molecule has 1 saturated carbocycles. The first-order valence-corrected chi connectivity index (χ1v) is 6.47. The van der Waals surface area contributed by atoms with E-state index in [-0.39, 0.29) is 12.0 Å². The zero-order valence-corrected chi connectivity index (χ0v) is 11.2. The maximum Gasteiger partial charge on any atom is 0.310 e. The van der Waals surface area contributed by atoms with Gasteiger partial charge in [0.2, 0.25) is 0 Å². The van der Waals surface area contributed by atoms with E-state index in [0.717, 1.165) is 36.1 Å². The van der Waals surface area contributed by atoms with E-state index in [0.29, 0.717) is 0 Å². The number of carboxylic acid groups (broad SMARTS) is 1. The van der Waals surface area contributed by atoms with E-state index in [4.69, 9.17) is 4.74 Å². The smallest absolute Gasteiger partial charge is 0.310 e. The van der Waals surface area contributed by atoms with Crippen LogP contribution < -0.4 is 4.74 Å². The SMILES string of the molecule is Cc1ccc(C)c(OC2CCCC2C(=O)O)c1C. The lowest BCUT2D eigenvalue weighted by Gasteiger charge is -2.21. The van der Waals surface area contributed by atoms with Gasteiger partial charge in [-0.05, 0) is 56.7 Å². The van der Waals surface area contributed by atoms with Crippen LogP contribution in [0.1, 0.15) is 36.0 Å². The number of carboxylic acids is 1. The van der Waals surface area contributed by atoms with Gasteiger partial charge in [-0.15, -0.1) is 0 Å². The van der Waals surface area contributed by atoms with E-state index < -0.39 is 5.97 Å². The highest BCUT2D eigenvalue weighted by Crippen LogP contribution is 2.33. The number of aliphatic carboxylic acids is 1. The number of aryl methyl sites for hydroxylation is 2. The highest BCUT2D eigenvalue weighted by molar-refractivity contribution is 5.71. The van der Waals surface area contributed by atoms with Gasteiger partial charge >= 0.3 is 5.97 Å². The van der Waals surface area contributed by atoms with Gasteiger partial charge in [0.1, 0.15) is 11.9 Å². The first-order valence-electron chi connectivity index (χ1n) is 6.47. The lowest BCUT2D eigenvalue weighted by atomic mass is 10.0. The van der Waals surface area contributed by atoms with Gasteiger partial charge in [0.05, 0.1) is 5.92 Å². The van der Waals surface area contributed by atoms with Crippen molar-refractivity contribution in [1.29, 1.82) is 0 Å². The minimum atomic E-state index is -0.736. The third kappa shape index (κ3) is 2.35. The summed E-state index contributed by atoms with van der Waals surface area (Å²) in [6.45, 7) is 6.08. The summed E-state index contributed by atoms with van der Waals surface area (Å²) in [5, 5.41) is 9.17. The van der Waals surface area contributed by atoms with E-state index in [9.17, 15) is 9.90 Å². The molecule has 18 heavy (non-hydrogen) atoms. The maximum atomic E-state index is 11.2. The predicted molar refractivity (Wildman–Crippen MR) is 70.0 cm³/mol. The third-order valence-corrected chi connectivity index (χ3v) is 3.91. The summed E-state index contributed by atoms with van der Waals surface area (Å²) >= 11 is 0. The summed E-state index contributed by atoms with van der Waals surface area (Å²) in [6.07, 6.45) is 2.32.